The van der Waals surface area contributed by atoms with Crippen LogP contribution in [0.3, 0.4) is 0 Å². The summed E-state index contributed by atoms with van der Waals surface area (Å²) in [5.74, 6) is 0.294. The molecule has 1 aromatic carbocycles. The molecule has 6 atom stereocenters. The van der Waals surface area contributed by atoms with Gasteiger partial charge in [-0.15, -0.1) is 0 Å². The molecule has 0 radical (unpaired) electrons. The lowest BCUT2D eigenvalue weighted by molar-refractivity contribution is -0.136. The van der Waals surface area contributed by atoms with Gasteiger partial charge in [0.25, 0.3) is 0 Å². The van der Waals surface area contributed by atoms with Gasteiger partial charge in [-0.2, -0.15) is 0 Å². The van der Waals surface area contributed by atoms with Crippen LogP contribution in [0.1, 0.15) is 64.3 Å². The van der Waals surface area contributed by atoms with Gasteiger partial charge in [-0.1, -0.05) is 27.7 Å². The summed E-state index contributed by atoms with van der Waals surface area (Å²) in [5.41, 5.74) is 2.17. The van der Waals surface area contributed by atoms with E-state index in [-0.39, 0.29) is 37.8 Å². The van der Waals surface area contributed by atoms with E-state index < -0.39 is 60.5 Å². The van der Waals surface area contributed by atoms with Crippen LogP contribution in [0.4, 0.5) is 18.4 Å². The summed E-state index contributed by atoms with van der Waals surface area (Å²) in [5, 5.41) is 6.59. The minimum atomic E-state index is -1.27. The minimum Gasteiger partial charge on any atom is -0.454 e. The van der Waals surface area contributed by atoms with Crippen LogP contribution in [-0.2, 0) is 19.1 Å². The van der Waals surface area contributed by atoms with Gasteiger partial charge in [0.05, 0.1) is 51.8 Å². The van der Waals surface area contributed by atoms with Crippen LogP contribution >= 0.6 is 0 Å². The van der Waals surface area contributed by atoms with Gasteiger partial charge in [0.15, 0.2) is 11.5 Å². The van der Waals surface area contributed by atoms with E-state index in [1.54, 1.807) is 40.1 Å². The molecule has 2 saturated heterocycles. The number of aromatic amines is 2. The maximum absolute atomic E-state index is 14.8. The highest BCUT2D eigenvalue weighted by Crippen LogP contribution is 2.38. The third kappa shape index (κ3) is 7.38. The third-order valence-electron chi connectivity index (χ3n) is 10.4. The van der Waals surface area contributed by atoms with Gasteiger partial charge in [0, 0.05) is 23.6 Å². The summed E-state index contributed by atoms with van der Waals surface area (Å²) in [6, 6.07) is 4.09. The number of halogens is 2. The first-order valence-electron chi connectivity index (χ1n) is 18.4. The number of carbonyl (C=O) groups excluding carboxylic acids is 4. The molecule has 6 heterocycles. The van der Waals surface area contributed by atoms with Crippen LogP contribution in [0, 0.1) is 11.8 Å². The van der Waals surface area contributed by atoms with E-state index >= 15 is 0 Å². The number of nitrogens with zero attached hydrogens (tertiary/aromatic N) is 4. The predicted molar refractivity (Wildman–Crippen MR) is 197 cm³/mol. The number of amides is 4. The molecule has 0 unspecified atom stereocenters. The molecule has 7 rings (SSSR count). The normalized spacial score (nSPS) is 21.0. The van der Waals surface area contributed by atoms with Crippen molar-refractivity contribution in [3.8, 4) is 22.9 Å². The molecule has 4 N–H and O–H groups in total. The molecule has 4 amide bonds. The maximum Gasteiger partial charge on any atom is 0.407 e. The van der Waals surface area contributed by atoms with Crippen molar-refractivity contribution in [1.82, 2.24) is 40.4 Å². The summed E-state index contributed by atoms with van der Waals surface area (Å²) in [6.07, 6.45) is -0.834. The number of ether oxygens (including phenoxy) is 2. The molecular formula is C38H44F2N8O8. The van der Waals surface area contributed by atoms with Crippen molar-refractivity contribution < 1.29 is 46.3 Å². The number of benzene rings is 1. The molecule has 0 spiro atoms. The van der Waals surface area contributed by atoms with E-state index in [1.807, 2.05) is 24.3 Å². The number of imidazole rings is 2. The van der Waals surface area contributed by atoms with Gasteiger partial charge in [-0.05, 0) is 36.1 Å². The lowest BCUT2D eigenvalue weighted by atomic mass is 10.0. The number of alkyl carbamates (subject to hydrolysis) is 2. The lowest BCUT2D eigenvalue weighted by Gasteiger charge is -2.29. The van der Waals surface area contributed by atoms with Gasteiger partial charge >= 0.3 is 12.2 Å². The van der Waals surface area contributed by atoms with Crippen LogP contribution in [0.15, 0.2) is 45.5 Å². The first kappa shape index (κ1) is 38.3. The molecular weight excluding hydrogens is 734 g/mol. The maximum atomic E-state index is 14.8. The second-order valence-electron chi connectivity index (χ2n) is 14.9. The molecule has 5 aromatic rings. The van der Waals surface area contributed by atoms with E-state index in [2.05, 4.69) is 40.0 Å². The number of furan rings is 2. The van der Waals surface area contributed by atoms with Crippen LogP contribution in [-0.4, -0.2) is 105 Å². The molecule has 2 aliphatic rings. The number of nitrogens with one attached hydrogen (secondary N) is 4. The van der Waals surface area contributed by atoms with Crippen molar-refractivity contribution in [2.45, 2.75) is 77.0 Å². The Bertz CT molecular complexity index is 2060. The van der Waals surface area contributed by atoms with Gasteiger partial charge in [0.1, 0.15) is 58.6 Å². The zero-order chi connectivity index (χ0) is 40.0. The van der Waals surface area contributed by atoms with E-state index in [0.717, 1.165) is 10.8 Å². The molecule has 0 bridgehead atoms. The smallest absolute Gasteiger partial charge is 0.407 e. The quantitative estimate of drug-likeness (QED) is 0.131. The molecule has 298 valence electrons. The Labute approximate surface area is 319 Å². The Morgan fingerprint density at radius 1 is 0.714 bits per heavy atom. The number of aromatic nitrogens is 4. The van der Waals surface area contributed by atoms with Crippen LogP contribution in [0.25, 0.3) is 44.8 Å². The van der Waals surface area contributed by atoms with Crippen LogP contribution < -0.4 is 10.6 Å². The summed E-state index contributed by atoms with van der Waals surface area (Å²) in [4.78, 5) is 69.1. The Hall–Kier alpha value is -5.94. The first-order valence-corrected chi connectivity index (χ1v) is 18.4. The van der Waals surface area contributed by atoms with Crippen molar-refractivity contribution in [3.05, 3.63) is 48.3 Å². The topological polar surface area (TPSA) is 201 Å². The van der Waals surface area contributed by atoms with Crippen molar-refractivity contribution >= 4 is 45.9 Å². The fraction of sp³-hybridized carbons (Fsp3) is 0.474. The Morgan fingerprint density at radius 2 is 1.11 bits per heavy atom. The van der Waals surface area contributed by atoms with E-state index in [1.165, 1.54) is 24.0 Å². The molecule has 18 heteroatoms. The SMILES string of the molecule is COC(=O)N[C@@H](C(=O)N1C[C@@H](F)C[C@@H]1c1ncc(-c2cc3cc4oc(-c5cnc([C@H]6C[C@H](F)CN6C(=O)[C@H](NC(=O)OC)C(C)C)[nH]5)cc4cc3o2)[nH]1)C(C)C. The van der Waals surface area contributed by atoms with Gasteiger partial charge in [-0.3, -0.25) is 9.59 Å². The summed E-state index contributed by atoms with van der Waals surface area (Å²) < 4.78 is 51.3. The Kier molecular flexibility index (Phi) is 10.5. The molecule has 56 heavy (non-hydrogen) atoms. The second kappa shape index (κ2) is 15.3. The first-order chi connectivity index (χ1) is 26.7. The number of hydrogen-bond donors (Lipinski definition) is 4. The number of H-pyrrole nitrogens is 2. The van der Waals surface area contributed by atoms with E-state index in [9.17, 15) is 28.0 Å². The number of fused-ring (bicyclic) bond motifs is 2. The zero-order valence-electron chi connectivity index (χ0n) is 31.7. The number of likely N-dealkylation sites (tertiary alicyclic amines) is 2. The lowest BCUT2D eigenvalue weighted by Crippen LogP contribution is -2.51. The van der Waals surface area contributed by atoms with Crippen molar-refractivity contribution in [2.24, 2.45) is 11.8 Å². The fourth-order valence-corrected chi connectivity index (χ4v) is 7.43. The molecule has 0 aliphatic carbocycles. The average molecular weight is 779 g/mol. The van der Waals surface area contributed by atoms with Crippen molar-refractivity contribution in [1.29, 1.82) is 0 Å². The van der Waals surface area contributed by atoms with Gasteiger partial charge in [-0.25, -0.2) is 28.3 Å². The molecule has 2 aliphatic heterocycles. The molecule has 2 fully saturated rings. The number of hydrogen-bond acceptors (Lipinski definition) is 10. The minimum absolute atomic E-state index is 0.0406. The number of rotatable bonds is 10. The monoisotopic (exact) mass is 778 g/mol. The zero-order valence-corrected chi connectivity index (χ0v) is 31.7. The summed E-state index contributed by atoms with van der Waals surface area (Å²) >= 11 is 0. The Balaban J connectivity index is 1.09. The highest BCUT2D eigenvalue weighted by atomic mass is 19.1. The number of alkyl halides is 2. The van der Waals surface area contributed by atoms with Gasteiger partial charge in [0.2, 0.25) is 11.8 Å². The van der Waals surface area contributed by atoms with E-state index in [0.29, 0.717) is 45.7 Å². The average Bonchev–Trinajstić information content (AvgIpc) is 4.01. The summed E-state index contributed by atoms with van der Waals surface area (Å²) in [7, 11) is 2.42. The van der Waals surface area contributed by atoms with Crippen LogP contribution in [0.5, 0.6) is 0 Å². The molecule has 4 aromatic heterocycles. The molecule has 16 nitrogen and oxygen atoms in total. The van der Waals surface area contributed by atoms with Crippen LogP contribution in [0.2, 0.25) is 0 Å². The standard InChI is InChI=1S/C38H44F2N8O8/c1-17(2)31(45-37(51)53-5)35(49)47-15-21(39)11-25(47)33-41-13-23(43-33)29-9-19-7-28-20(8-27(19)55-29)10-30(56-28)24-14-42-34(44-24)26-12-22(40)16-48(26)36(50)32(18(3)4)46-38(52)54-6/h7-10,13-14,17-18,21-22,25-26,31-32H,11-12,15-16H2,1-6H3,(H,41,43)(H,42,44)(H,45,51)(H,46,52)/t21-,22-,25+,26+,31+,32+/m0/s1. The van der Waals surface area contributed by atoms with Gasteiger partial charge < -0.3 is 48.7 Å². The van der Waals surface area contributed by atoms with Crippen molar-refractivity contribution in [3.63, 3.8) is 0 Å². The molecule has 0 saturated carbocycles. The fourth-order valence-electron chi connectivity index (χ4n) is 7.43. The highest BCUT2D eigenvalue weighted by molar-refractivity contribution is 5.96. The highest BCUT2D eigenvalue weighted by Gasteiger charge is 2.43. The second-order valence-corrected chi connectivity index (χ2v) is 14.9. The third-order valence-corrected chi connectivity index (χ3v) is 10.4. The Morgan fingerprint density at radius 3 is 1.46 bits per heavy atom. The number of carbonyl (C=O) groups is 4. The predicted octanol–water partition coefficient (Wildman–Crippen LogP) is 5.94. The summed E-state index contributed by atoms with van der Waals surface area (Å²) in [6.45, 7) is 6.86. The largest absolute Gasteiger partial charge is 0.454 e. The number of methoxy groups -OCH3 is 2. The van der Waals surface area contributed by atoms with E-state index in [4.69, 9.17) is 8.83 Å². The van der Waals surface area contributed by atoms with Crippen molar-refractivity contribution in [2.75, 3.05) is 27.3 Å².